The lowest BCUT2D eigenvalue weighted by atomic mass is 10.1. The second-order valence-corrected chi connectivity index (χ2v) is 3.54. The average molecular weight is 172 g/mol. The predicted molar refractivity (Wildman–Crippen MR) is 51.1 cm³/mol. The smallest absolute Gasteiger partial charge is 0.129 e. The molecule has 2 heteroatoms. The van der Waals surface area contributed by atoms with Crippen molar-refractivity contribution in [2.45, 2.75) is 47.5 Å². The van der Waals surface area contributed by atoms with E-state index in [0.717, 1.165) is 12.8 Å². The molecule has 0 aliphatic heterocycles. The first-order valence-electron chi connectivity index (χ1n) is 4.32. The van der Waals surface area contributed by atoms with E-state index in [0.29, 0.717) is 11.7 Å². The van der Waals surface area contributed by atoms with Gasteiger partial charge in [0.05, 0.1) is 0 Å². The van der Waals surface area contributed by atoms with Gasteiger partial charge in [-0.15, -0.1) is 0 Å². The molecule has 0 radical (unpaired) electrons. The third-order valence-corrected chi connectivity index (χ3v) is 1.07. The molecule has 0 aromatic heterocycles. The van der Waals surface area contributed by atoms with Crippen molar-refractivity contribution in [2.24, 2.45) is 5.92 Å². The van der Waals surface area contributed by atoms with Crippen molar-refractivity contribution in [3.8, 4) is 0 Å². The molecule has 0 amide bonds. The van der Waals surface area contributed by atoms with Crippen LogP contribution in [0.4, 0.5) is 0 Å². The maximum atomic E-state index is 10.3. The van der Waals surface area contributed by atoms with Crippen LogP contribution in [0.2, 0.25) is 0 Å². The highest BCUT2D eigenvalue weighted by atomic mass is 16.1. The molecule has 0 saturated carbocycles. The van der Waals surface area contributed by atoms with Gasteiger partial charge in [-0.3, -0.25) is 0 Å². The van der Waals surface area contributed by atoms with Crippen LogP contribution in [0, 0.1) is 5.92 Å². The molecular weight excluding hydrogens is 152 g/mol. The zero-order valence-electron chi connectivity index (χ0n) is 8.81. The largest absolute Gasteiger partial charge is 0.300 e. The van der Waals surface area contributed by atoms with Crippen LogP contribution in [-0.4, -0.2) is 11.6 Å². The van der Waals surface area contributed by atoms with Crippen molar-refractivity contribution >= 4 is 11.6 Å². The number of hydrogen-bond donors (Lipinski definition) is 0. The Kier molecular flexibility index (Phi) is 9.77. The zero-order chi connectivity index (χ0) is 10.1. The van der Waals surface area contributed by atoms with Gasteiger partial charge in [0.15, 0.2) is 0 Å². The Morgan fingerprint density at radius 1 is 1.08 bits per heavy atom. The quantitative estimate of drug-likeness (QED) is 0.655. The molecule has 0 atom stereocenters. The summed E-state index contributed by atoms with van der Waals surface area (Å²) in [5.74, 6) is 1.14. The van der Waals surface area contributed by atoms with Crippen LogP contribution in [0.15, 0.2) is 0 Å². The van der Waals surface area contributed by atoms with Crippen LogP contribution in [-0.2, 0) is 9.59 Å². The van der Waals surface area contributed by atoms with Gasteiger partial charge in [-0.1, -0.05) is 13.8 Å². The molecule has 0 aliphatic rings. The van der Waals surface area contributed by atoms with Crippen LogP contribution in [0.1, 0.15) is 47.5 Å². The van der Waals surface area contributed by atoms with E-state index in [1.807, 2.05) is 0 Å². The third-order valence-electron chi connectivity index (χ3n) is 1.07. The van der Waals surface area contributed by atoms with Gasteiger partial charge in [-0.05, 0) is 33.1 Å². The molecule has 0 saturated heterocycles. The van der Waals surface area contributed by atoms with Crippen LogP contribution < -0.4 is 0 Å². The van der Waals surface area contributed by atoms with Crippen molar-refractivity contribution in [1.29, 1.82) is 0 Å². The minimum atomic E-state index is 0.167. The fourth-order valence-corrected chi connectivity index (χ4v) is 0.492. The summed E-state index contributed by atoms with van der Waals surface area (Å²) in [7, 11) is 0. The summed E-state index contributed by atoms with van der Waals surface area (Å²) in [4.78, 5) is 19.8. The Hall–Kier alpha value is -0.660. The molecule has 0 bridgehead atoms. The third kappa shape index (κ3) is 34.5. The monoisotopic (exact) mass is 172 g/mol. The molecule has 0 unspecified atom stereocenters. The zero-order valence-corrected chi connectivity index (χ0v) is 8.81. The number of carbonyl (C=O) groups is 2. The second kappa shape index (κ2) is 8.44. The van der Waals surface area contributed by atoms with E-state index in [4.69, 9.17) is 0 Å². The highest BCUT2D eigenvalue weighted by molar-refractivity contribution is 5.75. The molecule has 0 rings (SSSR count). The van der Waals surface area contributed by atoms with Gasteiger partial charge in [0.25, 0.3) is 0 Å². The van der Waals surface area contributed by atoms with Gasteiger partial charge in [0.1, 0.15) is 11.6 Å². The van der Waals surface area contributed by atoms with Gasteiger partial charge in [0, 0.05) is 6.42 Å². The molecule has 0 aromatic rings. The van der Waals surface area contributed by atoms with Crippen molar-refractivity contribution in [1.82, 2.24) is 0 Å². The highest BCUT2D eigenvalue weighted by Crippen LogP contribution is 2.02. The van der Waals surface area contributed by atoms with Crippen molar-refractivity contribution in [3.63, 3.8) is 0 Å². The summed E-state index contributed by atoms with van der Waals surface area (Å²) >= 11 is 0. The summed E-state index contributed by atoms with van der Waals surface area (Å²) in [6.45, 7) is 8.95. The SMILES string of the molecule is CC(=O)CCC(C)C.CC(C)=O. The average Bonchev–Trinajstić information content (AvgIpc) is 1.82. The van der Waals surface area contributed by atoms with Gasteiger partial charge in [-0.25, -0.2) is 0 Å². The summed E-state index contributed by atoms with van der Waals surface area (Å²) < 4.78 is 0. The Labute approximate surface area is 75.4 Å². The minimum Gasteiger partial charge on any atom is -0.300 e. The second-order valence-electron chi connectivity index (χ2n) is 3.54. The number of ketones is 2. The Morgan fingerprint density at radius 3 is 1.50 bits per heavy atom. The molecule has 72 valence electrons. The standard InChI is InChI=1S/C7H14O.C3H6O/c1-6(2)4-5-7(3)8;1-3(2)4/h6H,4-5H2,1-3H3;1-2H3. The van der Waals surface area contributed by atoms with E-state index in [1.54, 1.807) is 6.92 Å². The number of carbonyl (C=O) groups excluding carboxylic acids is 2. The molecule has 0 spiro atoms. The van der Waals surface area contributed by atoms with Crippen molar-refractivity contribution < 1.29 is 9.59 Å². The summed E-state index contributed by atoms with van der Waals surface area (Å²) in [5.41, 5.74) is 0. The summed E-state index contributed by atoms with van der Waals surface area (Å²) in [6.07, 6.45) is 1.78. The molecule has 0 aliphatic carbocycles. The van der Waals surface area contributed by atoms with E-state index >= 15 is 0 Å². The first kappa shape index (κ1) is 13.9. The maximum absolute atomic E-state index is 10.3. The maximum Gasteiger partial charge on any atom is 0.129 e. The van der Waals surface area contributed by atoms with Crippen LogP contribution in [0.5, 0.6) is 0 Å². The molecule has 0 heterocycles. The van der Waals surface area contributed by atoms with Gasteiger partial charge in [0.2, 0.25) is 0 Å². The van der Waals surface area contributed by atoms with Crippen molar-refractivity contribution in [3.05, 3.63) is 0 Å². The predicted octanol–water partition coefficient (Wildman–Crippen LogP) is 2.61. The van der Waals surface area contributed by atoms with E-state index < -0.39 is 0 Å². The molecule has 0 fully saturated rings. The topological polar surface area (TPSA) is 34.1 Å². The Balaban J connectivity index is 0. The molecule has 2 nitrogen and oxygen atoms in total. The van der Waals surface area contributed by atoms with E-state index in [1.165, 1.54) is 13.8 Å². The molecule has 0 N–H and O–H groups in total. The fraction of sp³-hybridized carbons (Fsp3) is 0.800. The van der Waals surface area contributed by atoms with Crippen LogP contribution >= 0.6 is 0 Å². The first-order valence-corrected chi connectivity index (χ1v) is 4.32. The highest BCUT2D eigenvalue weighted by Gasteiger charge is 1.95. The van der Waals surface area contributed by atoms with Crippen LogP contribution in [0.3, 0.4) is 0 Å². The minimum absolute atomic E-state index is 0.167. The molecule has 0 aromatic carbocycles. The molecule has 12 heavy (non-hydrogen) atoms. The van der Waals surface area contributed by atoms with E-state index in [-0.39, 0.29) is 5.78 Å². The van der Waals surface area contributed by atoms with Crippen molar-refractivity contribution in [2.75, 3.05) is 0 Å². The lowest BCUT2D eigenvalue weighted by molar-refractivity contribution is -0.117. The van der Waals surface area contributed by atoms with E-state index in [9.17, 15) is 9.59 Å². The van der Waals surface area contributed by atoms with Crippen LogP contribution in [0.25, 0.3) is 0 Å². The lowest BCUT2D eigenvalue weighted by Gasteiger charge is -1.98. The normalized spacial score (nSPS) is 8.83. The summed E-state index contributed by atoms with van der Waals surface area (Å²) in [5, 5.41) is 0. The Morgan fingerprint density at radius 2 is 1.42 bits per heavy atom. The number of rotatable bonds is 3. The number of Topliss-reactive ketones (excluding diaryl/α,β-unsaturated/α-hetero) is 2. The first-order chi connectivity index (χ1) is 5.36. The Bertz CT molecular complexity index is 133. The van der Waals surface area contributed by atoms with Gasteiger partial charge in [-0.2, -0.15) is 0 Å². The fourth-order valence-electron chi connectivity index (χ4n) is 0.492. The molecular formula is C10H20O2. The van der Waals surface area contributed by atoms with E-state index in [2.05, 4.69) is 13.8 Å². The number of hydrogen-bond acceptors (Lipinski definition) is 2. The van der Waals surface area contributed by atoms with Gasteiger partial charge >= 0.3 is 0 Å². The lowest BCUT2D eigenvalue weighted by Crippen LogP contribution is -1.93. The summed E-state index contributed by atoms with van der Waals surface area (Å²) in [6, 6.07) is 0. The van der Waals surface area contributed by atoms with Gasteiger partial charge < -0.3 is 9.59 Å².